The summed E-state index contributed by atoms with van der Waals surface area (Å²) < 4.78 is 6.34. The van der Waals surface area contributed by atoms with Crippen LogP contribution in [0, 0.1) is 0 Å². The molecule has 2 aromatic rings. The van der Waals surface area contributed by atoms with Crippen molar-refractivity contribution >= 4 is 34.1 Å². The summed E-state index contributed by atoms with van der Waals surface area (Å²) in [6.07, 6.45) is 0.371. The number of para-hydroxylation sites is 1. The van der Waals surface area contributed by atoms with Gasteiger partial charge in [0.15, 0.2) is 5.78 Å². The summed E-state index contributed by atoms with van der Waals surface area (Å²) in [6.45, 7) is 5.88. The number of carbonyl (C=O) groups is 1. The Morgan fingerprint density at radius 1 is 1.08 bits per heavy atom. The summed E-state index contributed by atoms with van der Waals surface area (Å²) in [7, 11) is 1.66. The van der Waals surface area contributed by atoms with E-state index >= 15 is 0 Å². The lowest BCUT2D eigenvalue weighted by atomic mass is 10.0. The van der Waals surface area contributed by atoms with E-state index in [9.17, 15) is 4.79 Å². The lowest BCUT2D eigenvalue weighted by molar-refractivity contribution is 0.0982. The molecule has 0 radical (unpaired) electrons. The molecule has 2 aromatic carbocycles. The number of ether oxygens (including phenoxy) is 1. The highest BCUT2D eigenvalue weighted by Gasteiger charge is 2.24. The van der Waals surface area contributed by atoms with Crippen LogP contribution < -0.4 is 4.74 Å². The summed E-state index contributed by atoms with van der Waals surface area (Å²) in [6, 6.07) is 17.3. The molecule has 0 heterocycles. The molecule has 0 aliphatic heterocycles. The van der Waals surface area contributed by atoms with Gasteiger partial charge in [0.1, 0.15) is 10.1 Å². The highest BCUT2D eigenvalue weighted by atomic mass is 32.2. The predicted molar refractivity (Wildman–Crippen MR) is 114 cm³/mol. The van der Waals surface area contributed by atoms with Crippen molar-refractivity contribution in [2.24, 2.45) is 0 Å². The average Bonchev–Trinajstić information content (AvgIpc) is 2.69. The van der Waals surface area contributed by atoms with Gasteiger partial charge in [0.2, 0.25) is 0 Å². The van der Waals surface area contributed by atoms with Gasteiger partial charge in [-0.1, -0.05) is 72.5 Å². The summed E-state index contributed by atoms with van der Waals surface area (Å²) >= 11 is 7.20. The number of thiocarbonyl (C=S) groups is 1. The summed E-state index contributed by atoms with van der Waals surface area (Å²) in [5.41, 5.74) is 1.72. The maximum atomic E-state index is 12.8. The van der Waals surface area contributed by atoms with E-state index in [1.54, 1.807) is 18.9 Å². The van der Waals surface area contributed by atoms with Crippen LogP contribution in [0.3, 0.4) is 0 Å². The largest absolute Gasteiger partial charge is 0.496 e. The fourth-order valence-corrected chi connectivity index (χ4v) is 4.55. The maximum Gasteiger partial charge on any atom is 0.164 e. The normalized spacial score (nSPS) is 11.7. The molecule has 0 aliphatic carbocycles. The van der Waals surface area contributed by atoms with E-state index in [0.717, 1.165) is 34.3 Å². The Labute approximate surface area is 165 Å². The van der Waals surface area contributed by atoms with Crippen LogP contribution in [0.2, 0.25) is 0 Å². The van der Waals surface area contributed by atoms with Gasteiger partial charge in [-0.15, -0.1) is 0 Å². The maximum absolute atomic E-state index is 12.8. The standard InChI is InChI=1S/C21H25NO2S2/c1-4-22(5-2)21(25)26-20(17-13-9-10-14-19(17)24-3)15-18(23)16-11-7-6-8-12-16/h6-14,20H,4-5,15H2,1-3H3. The van der Waals surface area contributed by atoms with Crippen LogP contribution in [0.25, 0.3) is 0 Å². The molecular weight excluding hydrogens is 362 g/mol. The van der Waals surface area contributed by atoms with E-state index in [-0.39, 0.29) is 11.0 Å². The molecule has 0 amide bonds. The molecule has 0 fully saturated rings. The van der Waals surface area contributed by atoms with Gasteiger partial charge in [-0.3, -0.25) is 4.79 Å². The molecule has 1 atom stereocenters. The van der Waals surface area contributed by atoms with Crippen LogP contribution in [-0.4, -0.2) is 35.2 Å². The minimum absolute atomic E-state index is 0.0908. The minimum Gasteiger partial charge on any atom is -0.496 e. The smallest absolute Gasteiger partial charge is 0.164 e. The third-order valence-corrected chi connectivity index (χ3v) is 5.93. The van der Waals surface area contributed by atoms with Crippen LogP contribution in [-0.2, 0) is 0 Å². The second-order valence-corrected chi connectivity index (χ2v) is 7.62. The molecule has 0 spiro atoms. The lowest BCUT2D eigenvalue weighted by Gasteiger charge is -2.25. The summed E-state index contributed by atoms with van der Waals surface area (Å²) in [5.74, 6) is 0.893. The third-order valence-electron chi connectivity index (χ3n) is 4.22. The van der Waals surface area contributed by atoms with Crippen LogP contribution in [0.1, 0.15) is 41.4 Å². The van der Waals surface area contributed by atoms with E-state index in [2.05, 4.69) is 18.7 Å². The first-order valence-corrected chi connectivity index (χ1v) is 10.1. The fourth-order valence-electron chi connectivity index (χ4n) is 2.74. The van der Waals surface area contributed by atoms with Gasteiger partial charge >= 0.3 is 0 Å². The molecule has 138 valence electrons. The number of hydrogen-bond acceptors (Lipinski definition) is 4. The highest BCUT2D eigenvalue weighted by Crippen LogP contribution is 2.39. The van der Waals surface area contributed by atoms with Crippen molar-refractivity contribution in [1.29, 1.82) is 0 Å². The Kier molecular flexibility index (Phi) is 8.13. The Hall–Kier alpha value is -1.85. The number of hydrogen-bond donors (Lipinski definition) is 0. The molecule has 1 unspecified atom stereocenters. The number of benzene rings is 2. The summed E-state index contributed by atoms with van der Waals surface area (Å²) in [5, 5.41) is -0.0908. The zero-order valence-electron chi connectivity index (χ0n) is 15.5. The van der Waals surface area contributed by atoms with Gasteiger partial charge < -0.3 is 9.64 Å². The number of carbonyl (C=O) groups excluding carboxylic acids is 1. The average molecular weight is 388 g/mol. The number of thioether (sulfide) groups is 1. The first-order chi connectivity index (χ1) is 12.6. The first-order valence-electron chi connectivity index (χ1n) is 8.77. The van der Waals surface area contributed by atoms with Crippen LogP contribution in [0.5, 0.6) is 5.75 Å². The SMILES string of the molecule is CCN(CC)C(=S)SC(CC(=O)c1ccccc1)c1ccccc1OC. The second-order valence-electron chi connectivity index (χ2n) is 5.78. The number of ketones is 1. The zero-order chi connectivity index (χ0) is 18.9. The van der Waals surface area contributed by atoms with Gasteiger partial charge in [-0.05, 0) is 19.9 Å². The van der Waals surface area contributed by atoms with Gasteiger partial charge in [0.05, 0.1) is 7.11 Å². The molecule has 0 N–H and O–H groups in total. The summed E-state index contributed by atoms with van der Waals surface area (Å²) in [4.78, 5) is 14.9. The van der Waals surface area contributed by atoms with Gasteiger partial charge in [0.25, 0.3) is 0 Å². The molecule has 3 nitrogen and oxygen atoms in total. The minimum atomic E-state index is -0.0908. The van der Waals surface area contributed by atoms with Gasteiger partial charge in [-0.25, -0.2) is 0 Å². The van der Waals surface area contributed by atoms with Crippen molar-refractivity contribution in [3.05, 3.63) is 65.7 Å². The van der Waals surface area contributed by atoms with Crippen molar-refractivity contribution in [3.8, 4) is 5.75 Å². The van der Waals surface area contributed by atoms with E-state index in [0.29, 0.717) is 6.42 Å². The zero-order valence-corrected chi connectivity index (χ0v) is 17.1. The molecule has 5 heteroatoms. The number of Topliss-reactive ketones (excluding diaryl/α,β-unsaturated/α-hetero) is 1. The van der Waals surface area contributed by atoms with Crippen LogP contribution >= 0.6 is 24.0 Å². The van der Waals surface area contributed by atoms with Crippen molar-refractivity contribution in [3.63, 3.8) is 0 Å². The van der Waals surface area contributed by atoms with Gasteiger partial charge in [-0.2, -0.15) is 0 Å². The van der Waals surface area contributed by atoms with Crippen molar-refractivity contribution < 1.29 is 9.53 Å². The third kappa shape index (κ3) is 5.32. The predicted octanol–water partition coefficient (Wildman–Crippen LogP) is 5.37. The Morgan fingerprint density at radius 2 is 1.69 bits per heavy atom. The van der Waals surface area contributed by atoms with Crippen molar-refractivity contribution in [2.75, 3.05) is 20.2 Å². The number of rotatable bonds is 8. The monoisotopic (exact) mass is 387 g/mol. The van der Waals surface area contributed by atoms with E-state index in [1.165, 1.54) is 0 Å². The van der Waals surface area contributed by atoms with E-state index in [1.807, 2.05) is 54.6 Å². The molecule has 0 saturated heterocycles. The quantitative estimate of drug-likeness (QED) is 0.449. The van der Waals surface area contributed by atoms with Crippen molar-refractivity contribution in [2.45, 2.75) is 25.5 Å². The number of nitrogens with zero attached hydrogens (tertiary/aromatic N) is 1. The van der Waals surface area contributed by atoms with Crippen LogP contribution in [0.15, 0.2) is 54.6 Å². The molecule has 2 rings (SSSR count). The molecule has 0 aliphatic rings. The van der Waals surface area contributed by atoms with Gasteiger partial charge in [0, 0.05) is 35.9 Å². The Morgan fingerprint density at radius 3 is 2.31 bits per heavy atom. The highest BCUT2D eigenvalue weighted by molar-refractivity contribution is 8.23. The first kappa shape index (κ1) is 20.5. The Bertz CT molecular complexity index is 730. The van der Waals surface area contributed by atoms with E-state index in [4.69, 9.17) is 17.0 Å². The molecule has 0 aromatic heterocycles. The molecule has 0 saturated carbocycles. The van der Waals surface area contributed by atoms with Crippen LogP contribution in [0.4, 0.5) is 0 Å². The molecule has 0 bridgehead atoms. The van der Waals surface area contributed by atoms with Crippen molar-refractivity contribution in [1.82, 2.24) is 4.90 Å². The fraction of sp³-hybridized carbons (Fsp3) is 0.333. The van der Waals surface area contributed by atoms with E-state index < -0.39 is 0 Å². The Balaban J connectivity index is 2.29. The number of methoxy groups -OCH3 is 1. The lowest BCUT2D eigenvalue weighted by Crippen LogP contribution is -2.27. The topological polar surface area (TPSA) is 29.5 Å². The molecule has 26 heavy (non-hydrogen) atoms. The second kappa shape index (κ2) is 10.3. The molecular formula is C21H25NO2S2.